The number of nitrogens with zero attached hydrogens (tertiary/aromatic N) is 1. The summed E-state index contributed by atoms with van der Waals surface area (Å²) >= 11 is 0. The van der Waals surface area contributed by atoms with Crippen molar-refractivity contribution in [1.82, 2.24) is 0 Å². The van der Waals surface area contributed by atoms with Gasteiger partial charge in [-0.05, 0) is 43.2 Å². The van der Waals surface area contributed by atoms with Gasteiger partial charge in [0.2, 0.25) is 0 Å². The fraction of sp³-hybridized carbons (Fsp3) is 0.208. The third-order valence-corrected chi connectivity index (χ3v) is 5.65. The fourth-order valence-electron chi connectivity index (χ4n) is 4.33. The van der Waals surface area contributed by atoms with Gasteiger partial charge in [-0.15, -0.1) is 0 Å². The van der Waals surface area contributed by atoms with Gasteiger partial charge < -0.3 is 14.6 Å². The van der Waals surface area contributed by atoms with Crippen LogP contribution in [-0.2, 0) is 11.3 Å². The molecule has 4 nitrogen and oxygen atoms in total. The second-order valence-electron chi connectivity index (χ2n) is 7.45. The summed E-state index contributed by atoms with van der Waals surface area (Å²) in [5.74, 6) is 0.540. The second kappa shape index (κ2) is 7.24. The van der Waals surface area contributed by atoms with E-state index in [4.69, 9.17) is 4.42 Å². The minimum Gasteiger partial charge on any atom is -0.467 e. The molecule has 1 unspecified atom stereocenters. The molecule has 0 saturated carbocycles. The van der Waals surface area contributed by atoms with Gasteiger partial charge in [-0.25, -0.2) is 4.39 Å². The molecular formula is C24H21FN2O2. The van der Waals surface area contributed by atoms with E-state index in [9.17, 15) is 9.18 Å². The van der Waals surface area contributed by atoms with Gasteiger partial charge in [0, 0.05) is 29.8 Å². The lowest BCUT2D eigenvalue weighted by Gasteiger charge is -2.34. The Morgan fingerprint density at radius 3 is 2.69 bits per heavy atom. The number of rotatable bonds is 3. The van der Waals surface area contributed by atoms with E-state index < -0.39 is 6.04 Å². The highest BCUT2D eigenvalue weighted by Crippen LogP contribution is 2.45. The number of hydrogen-bond donors (Lipinski definition) is 1. The van der Waals surface area contributed by atoms with E-state index in [1.54, 1.807) is 18.4 Å². The lowest BCUT2D eigenvalue weighted by atomic mass is 9.88. The number of carbonyl (C=O) groups excluding carboxylic acids is 1. The first-order valence-electron chi connectivity index (χ1n) is 9.88. The maximum Gasteiger partial charge on any atom is 0.163 e. The lowest BCUT2D eigenvalue weighted by Crippen LogP contribution is -2.33. The highest BCUT2D eigenvalue weighted by atomic mass is 19.1. The number of halogens is 1. The molecule has 146 valence electrons. The Kier molecular flexibility index (Phi) is 4.43. The molecule has 5 rings (SSSR count). The summed E-state index contributed by atoms with van der Waals surface area (Å²) in [4.78, 5) is 15.1. The second-order valence-corrected chi connectivity index (χ2v) is 7.45. The van der Waals surface area contributed by atoms with Gasteiger partial charge in [0.15, 0.2) is 5.78 Å². The smallest absolute Gasteiger partial charge is 0.163 e. The van der Waals surface area contributed by atoms with Crippen molar-refractivity contribution in [3.63, 3.8) is 0 Å². The van der Waals surface area contributed by atoms with Gasteiger partial charge in [-0.3, -0.25) is 4.79 Å². The van der Waals surface area contributed by atoms with E-state index in [-0.39, 0.29) is 11.6 Å². The van der Waals surface area contributed by atoms with Crippen molar-refractivity contribution in [1.29, 1.82) is 0 Å². The summed E-state index contributed by atoms with van der Waals surface area (Å²) in [5, 5.41) is 3.50. The number of carbonyl (C=O) groups is 1. The van der Waals surface area contributed by atoms with Crippen molar-refractivity contribution < 1.29 is 13.6 Å². The van der Waals surface area contributed by atoms with E-state index in [0.717, 1.165) is 35.5 Å². The fourth-order valence-corrected chi connectivity index (χ4v) is 4.33. The number of allylic oxidation sites excluding steroid dienone is 1. The Balaban J connectivity index is 1.73. The first-order valence-corrected chi connectivity index (χ1v) is 9.88. The van der Waals surface area contributed by atoms with Crippen LogP contribution in [0, 0.1) is 5.82 Å². The van der Waals surface area contributed by atoms with Crippen molar-refractivity contribution in [2.45, 2.75) is 31.8 Å². The number of benzene rings is 2. The van der Waals surface area contributed by atoms with E-state index in [2.05, 4.69) is 10.2 Å². The third kappa shape index (κ3) is 3.12. The minimum atomic E-state index is -0.413. The Morgan fingerprint density at radius 2 is 1.86 bits per heavy atom. The van der Waals surface area contributed by atoms with Crippen LogP contribution in [0.4, 0.5) is 15.8 Å². The number of anilines is 2. The summed E-state index contributed by atoms with van der Waals surface area (Å²) in [6, 6.07) is 18.0. The van der Waals surface area contributed by atoms with Crippen LogP contribution >= 0.6 is 0 Å². The molecular weight excluding hydrogens is 367 g/mol. The summed E-state index contributed by atoms with van der Waals surface area (Å²) < 4.78 is 20.3. The molecule has 0 radical (unpaired) electrons. The number of ketones is 1. The lowest BCUT2D eigenvalue weighted by molar-refractivity contribution is -0.116. The van der Waals surface area contributed by atoms with Gasteiger partial charge >= 0.3 is 0 Å². The Hall–Kier alpha value is -3.34. The standard InChI is InChI=1S/C24H21FN2O2/c25-17-8-2-1-7-16(17)15-27-20-11-4-3-9-18(20)26-19-10-5-12-21(28)23(19)24(27)22-13-6-14-29-22/h1-4,6-9,11,13-14,24,26H,5,10,12,15H2. The first-order chi connectivity index (χ1) is 14.2. The van der Waals surface area contributed by atoms with Crippen LogP contribution in [0.3, 0.4) is 0 Å². The molecule has 1 aliphatic heterocycles. The number of Topliss-reactive ketones (excluding diaryl/α,β-unsaturated/α-hetero) is 1. The molecule has 2 aliphatic rings. The van der Waals surface area contributed by atoms with Gasteiger partial charge in [-0.2, -0.15) is 0 Å². The van der Waals surface area contributed by atoms with Crippen molar-refractivity contribution >= 4 is 17.2 Å². The largest absolute Gasteiger partial charge is 0.467 e. The van der Waals surface area contributed by atoms with Gasteiger partial charge in [0.25, 0.3) is 0 Å². The maximum atomic E-state index is 14.6. The molecule has 1 aromatic heterocycles. The van der Waals surface area contributed by atoms with E-state index >= 15 is 0 Å². The van der Waals surface area contributed by atoms with Crippen LogP contribution in [0.2, 0.25) is 0 Å². The summed E-state index contributed by atoms with van der Waals surface area (Å²) in [5.41, 5.74) is 4.07. The molecule has 1 N–H and O–H groups in total. The number of fused-ring (bicyclic) bond motifs is 1. The predicted octanol–water partition coefficient (Wildman–Crippen LogP) is 5.60. The van der Waals surface area contributed by atoms with Crippen LogP contribution in [0.5, 0.6) is 0 Å². The number of hydrogen-bond acceptors (Lipinski definition) is 4. The Labute approximate surface area is 168 Å². The predicted molar refractivity (Wildman–Crippen MR) is 110 cm³/mol. The quantitative estimate of drug-likeness (QED) is 0.634. The molecule has 0 bridgehead atoms. The molecule has 0 spiro atoms. The van der Waals surface area contributed by atoms with Crippen molar-refractivity contribution in [2.24, 2.45) is 0 Å². The Bertz CT molecular complexity index is 1090. The average Bonchev–Trinajstić information content (AvgIpc) is 3.21. The van der Waals surface area contributed by atoms with Gasteiger partial charge in [0.1, 0.15) is 17.6 Å². The van der Waals surface area contributed by atoms with Gasteiger partial charge in [-0.1, -0.05) is 30.3 Å². The average molecular weight is 388 g/mol. The van der Waals surface area contributed by atoms with Crippen LogP contribution in [0.25, 0.3) is 0 Å². The molecule has 29 heavy (non-hydrogen) atoms. The van der Waals surface area contributed by atoms with E-state index in [0.29, 0.717) is 24.3 Å². The summed E-state index contributed by atoms with van der Waals surface area (Å²) in [6.45, 7) is 0.320. The molecule has 3 aromatic rings. The zero-order valence-corrected chi connectivity index (χ0v) is 15.9. The zero-order valence-electron chi connectivity index (χ0n) is 15.9. The zero-order chi connectivity index (χ0) is 19.8. The molecule has 0 saturated heterocycles. The Morgan fingerprint density at radius 1 is 1.03 bits per heavy atom. The van der Waals surface area contributed by atoms with E-state index in [1.807, 2.05) is 42.5 Å². The molecule has 2 aromatic carbocycles. The van der Waals surface area contributed by atoms with Crippen LogP contribution < -0.4 is 10.2 Å². The van der Waals surface area contributed by atoms with Crippen LogP contribution in [0.15, 0.2) is 82.6 Å². The monoisotopic (exact) mass is 388 g/mol. The molecule has 0 amide bonds. The molecule has 2 heterocycles. The third-order valence-electron chi connectivity index (χ3n) is 5.65. The first kappa shape index (κ1) is 17.7. The summed E-state index contributed by atoms with van der Waals surface area (Å²) in [6.07, 6.45) is 3.77. The molecule has 5 heteroatoms. The normalized spacial score (nSPS) is 18.7. The number of nitrogens with one attached hydrogen (secondary N) is 1. The van der Waals surface area contributed by atoms with Crippen LogP contribution in [0.1, 0.15) is 36.6 Å². The van der Waals surface area contributed by atoms with Crippen LogP contribution in [-0.4, -0.2) is 5.78 Å². The maximum absolute atomic E-state index is 14.6. The molecule has 0 fully saturated rings. The van der Waals surface area contributed by atoms with Crippen molar-refractivity contribution in [3.8, 4) is 0 Å². The van der Waals surface area contributed by atoms with Crippen molar-refractivity contribution in [2.75, 3.05) is 10.2 Å². The highest BCUT2D eigenvalue weighted by Gasteiger charge is 2.38. The molecule has 1 aliphatic carbocycles. The number of furan rings is 1. The highest BCUT2D eigenvalue weighted by molar-refractivity contribution is 6.00. The van der Waals surface area contributed by atoms with E-state index in [1.165, 1.54) is 6.07 Å². The summed E-state index contributed by atoms with van der Waals surface area (Å²) in [7, 11) is 0. The van der Waals surface area contributed by atoms with Crippen molar-refractivity contribution in [3.05, 3.63) is 95.3 Å². The number of para-hydroxylation sites is 2. The SMILES string of the molecule is O=C1CCCC2=C1C(c1ccco1)N(Cc1ccccc1F)c1ccccc1N2. The van der Waals surface area contributed by atoms with Gasteiger partial charge in [0.05, 0.1) is 17.6 Å². The minimum absolute atomic E-state index is 0.117. The topological polar surface area (TPSA) is 45.5 Å². The molecule has 1 atom stereocenters.